The third-order valence-corrected chi connectivity index (χ3v) is 6.07. The van der Waals surface area contributed by atoms with Gasteiger partial charge < -0.3 is 5.11 Å². The van der Waals surface area contributed by atoms with Gasteiger partial charge in [-0.2, -0.15) is 5.10 Å². The molecule has 4 heteroatoms. The highest BCUT2D eigenvalue weighted by atomic mass is 16.3. The van der Waals surface area contributed by atoms with Gasteiger partial charge in [-0.1, -0.05) is 30.3 Å². The summed E-state index contributed by atoms with van der Waals surface area (Å²) in [6.07, 6.45) is 9.68. The topological polar surface area (TPSA) is 41.3 Å². The molecule has 1 N–H and O–H groups in total. The van der Waals surface area contributed by atoms with Crippen LogP contribution in [0.5, 0.6) is 0 Å². The summed E-state index contributed by atoms with van der Waals surface area (Å²) in [4.78, 5) is 2.68. The number of hydrogen-bond acceptors (Lipinski definition) is 3. The molecule has 2 aliphatic rings. The van der Waals surface area contributed by atoms with Crippen molar-refractivity contribution >= 4 is 0 Å². The van der Waals surface area contributed by atoms with E-state index in [1.54, 1.807) is 0 Å². The first-order valence-corrected chi connectivity index (χ1v) is 9.19. The van der Waals surface area contributed by atoms with Gasteiger partial charge in [0.05, 0.1) is 6.61 Å². The minimum absolute atomic E-state index is 0.0516. The van der Waals surface area contributed by atoms with E-state index in [1.165, 1.54) is 18.4 Å². The summed E-state index contributed by atoms with van der Waals surface area (Å²) in [5.41, 5.74) is 1.41. The van der Waals surface area contributed by atoms with Crippen LogP contribution in [0.15, 0.2) is 48.8 Å². The third-order valence-electron chi connectivity index (χ3n) is 6.07. The van der Waals surface area contributed by atoms with E-state index in [4.69, 9.17) is 0 Å². The largest absolute Gasteiger partial charge is 0.396 e. The first kappa shape index (κ1) is 15.9. The molecule has 1 aromatic heterocycles. The Morgan fingerprint density at radius 1 is 1.12 bits per heavy atom. The Morgan fingerprint density at radius 2 is 2.00 bits per heavy atom. The Labute approximate surface area is 144 Å². The summed E-state index contributed by atoms with van der Waals surface area (Å²) in [6.45, 7) is 2.40. The first-order chi connectivity index (χ1) is 11.8. The Morgan fingerprint density at radius 3 is 2.75 bits per heavy atom. The molecule has 4 rings (SSSR count). The van der Waals surface area contributed by atoms with Crippen LogP contribution in [-0.4, -0.2) is 45.0 Å². The highest BCUT2D eigenvalue weighted by Crippen LogP contribution is 2.51. The molecular weight excluding hydrogens is 298 g/mol. The van der Waals surface area contributed by atoms with Crippen molar-refractivity contribution in [3.63, 3.8) is 0 Å². The van der Waals surface area contributed by atoms with Crippen LogP contribution in [0.25, 0.3) is 0 Å². The van der Waals surface area contributed by atoms with Crippen LogP contribution in [-0.2, 0) is 13.0 Å². The molecule has 2 fully saturated rings. The molecule has 0 unspecified atom stereocenters. The maximum Gasteiger partial charge on any atom is 0.0506 e. The monoisotopic (exact) mass is 325 g/mol. The van der Waals surface area contributed by atoms with Crippen LogP contribution in [0.4, 0.5) is 0 Å². The molecule has 2 bridgehead atoms. The van der Waals surface area contributed by atoms with Crippen LogP contribution in [0.1, 0.15) is 31.2 Å². The maximum atomic E-state index is 10.3. The highest BCUT2D eigenvalue weighted by molar-refractivity contribution is 5.20. The van der Waals surface area contributed by atoms with E-state index in [9.17, 15) is 5.11 Å². The van der Waals surface area contributed by atoms with Crippen molar-refractivity contribution < 1.29 is 5.11 Å². The number of fused-ring (bicyclic) bond motifs is 2. The lowest BCUT2D eigenvalue weighted by atomic mass is 9.70. The standard InChI is InChI=1S/C20H27N3O/c24-16-20(14-17-6-2-1-3-7-17)15-18-8-9-19(20)23(18)13-5-12-22-11-4-10-21-22/h1-4,6-7,10-11,18-19,24H,5,8-9,12-16H2/t18-,19+,20-/m0/s1. The van der Waals surface area contributed by atoms with Crippen LogP contribution in [0.3, 0.4) is 0 Å². The van der Waals surface area contributed by atoms with Gasteiger partial charge in [-0.05, 0) is 43.7 Å². The van der Waals surface area contributed by atoms with Crippen LogP contribution >= 0.6 is 0 Å². The second-order valence-corrected chi connectivity index (χ2v) is 7.49. The van der Waals surface area contributed by atoms with Crippen molar-refractivity contribution in [3.8, 4) is 0 Å². The SMILES string of the molecule is OC[C@]1(Cc2ccccc2)C[C@@H]2CC[C@H]1N2CCCn1cccn1. The second-order valence-electron chi connectivity index (χ2n) is 7.49. The van der Waals surface area contributed by atoms with E-state index in [2.05, 4.69) is 40.3 Å². The van der Waals surface area contributed by atoms with Crippen molar-refractivity contribution in [2.75, 3.05) is 13.2 Å². The normalized spacial score (nSPS) is 29.4. The number of aryl methyl sites for hydroxylation is 1. The Kier molecular flexibility index (Phi) is 4.42. The summed E-state index contributed by atoms with van der Waals surface area (Å²) in [6, 6.07) is 13.9. The number of aliphatic hydroxyl groups is 1. The van der Waals surface area contributed by atoms with Crippen molar-refractivity contribution in [2.24, 2.45) is 5.41 Å². The molecule has 0 saturated carbocycles. The zero-order valence-corrected chi connectivity index (χ0v) is 14.2. The Bertz CT molecular complexity index is 642. The van der Waals surface area contributed by atoms with Crippen molar-refractivity contribution in [1.82, 2.24) is 14.7 Å². The van der Waals surface area contributed by atoms with Gasteiger partial charge in [-0.25, -0.2) is 0 Å². The average molecular weight is 325 g/mol. The highest BCUT2D eigenvalue weighted by Gasteiger charge is 2.54. The van der Waals surface area contributed by atoms with Gasteiger partial charge in [0.2, 0.25) is 0 Å². The zero-order chi connectivity index (χ0) is 16.4. The lowest BCUT2D eigenvalue weighted by molar-refractivity contribution is 0.0761. The minimum Gasteiger partial charge on any atom is -0.396 e. The molecule has 24 heavy (non-hydrogen) atoms. The molecule has 0 aliphatic carbocycles. The number of rotatable bonds is 7. The fraction of sp³-hybridized carbons (Fsp3) is 0.550. The fourth-order valence-corrected chi connectivity index (χ4v) is 5.02. The molecule has 2 aliphatic heterocycles. The van der Waals surface area contributed by atoms with E-state index in [0.717, 1.165) is 32.4 Å². The number of aromatic nitrogens is 2. The molecule has 4 nitrogen and oxygen atoms in total. The molecular formula is C20H27N3O. The van der Waals surface area contributed by atoms with Crippen LogP contribution in [0.2, 0.25) is 0 Å². The third kappa shape index (κ3) is 2.89. The van der Waals surface area contributed by atoms with Gasteiger partial charge in [0.25, 0.3) is 0 Å². The fourth-order valence-electron chi connectivity index (χ4n) is 5.02. The summed E-state index contributed by atoms with van der Waals surface area (Å²) in [5, 5.41) is 14.5. The molecule has 1 aromatic carbocycles. The lowest BCUT2D eigenvalue weighted by Gasteiger charge is -2.36. The predicted molar refractivity (Wildman–Crippen MR) is 94.6 cm³/mol. The number of aliphatic hydroxyl groups excluding tert-OH is 1. The van der Waals surface area contributed by atoms with E-state index >= 15 is 0 Å². The molecule has 2 saturated heterocycles. The van der Waals surface area contributed by atoms with Crippen LogP contribution < -0.4 is 0 Å². The average Bonchev–Trinajstić information content (AvgIpc) is 3.32. The van der Waals surface area contributed by atoms with Crippen molar-refractivity contribution in [3.05, 3.63) is 54.4 Å². The summed E-state index contributed by atoms with van der Waals surface area (Å²) in [5.74, 6) is 0. The molecule has 0 radical (unpaired) electrons. The number of hydrogen-bond donors (Lipinski definition) is 1. The minimum atomic E-state index is 0.0516. The molecule has 0 spiro atoms. The van der Waals surface area contributed by atoms with E-state index < -0.39 is 0 Å². The van der Waals surface area contributed by atoms with Gasteiger partial charge >= 0.3 is 0 Å². The first-order valence-electron chi connectivity index (χ1n) is 9.19. The Hall–Kier alpha value is -1.65. The molecule has 128 valence electrons. The van der Waals surface area contributed by atoms with Crippen molar-refractivity contribution in [2.45, 2.75) is 50.7 Å². The summed E-state index contributed by atoms with van der Waals surface area (Å²) >= 11 is 0. The Balaban J connectivity index is 1.42. The van der Waals surface area contributed by atoms with E-state index in [0.29, 0.717) is 18.7 Å². The molecule has 3 heterocycles. The maximum absolute atomic E-state index is 10.3. The van der Waals surface area contributed by atoms with Gasteiger partial charge in [0.1, 0.15) is 0 Å². The number of benzene rings is 1. The van der Waals surface area contributed by atoms with Gasteiger partial charge in [-0.3, -0.25) is 9.58 Å². The summed E-state index contributed by atoms with van der Waals surface area (Å²) < 4.78 is 2.02. The zero-order valence-electron chi connectivity index (χ0n) is 14.2. The van der Waals surface area contributed by atoms with Crippen molar-refractivity contribution in [1.29, 1.82) is 0 Å². The van der Waals surface area contributed by atoms with E-state index in [1.807, 2.05) is 23.1 Å². The van der Waals surface area contributed by atoms with Gasteiger partial charge in [-0.15, -0.1) is 0 Å². The number of nitrogens with zero attached hydrogens (tertiary/aromatic N) is 3. The molecule has 2 aromatic rings. The van der Waals surface area contributed by atoms with Crippen LogP contribution in [0, 0.1) is 5.41 Å². The van der Waals surface area contributed by atoms with Gasteiger partial charge in [0.15, 0.2) is 0 Å². The molecule has 0 amide bonds. The quantitative estimate of drug-likeness (QED) is 0.851. The molecule has 3 atom stereocenters. The predicted octanol–water partition coefficient (Wildman–Crippen LogP) is 2.73. The van der Waals surface area contributed by atoms with E-state index in [-0.39, 0.29) is 5.41 Å². The smallest absolute Gasteiger partial charge is 0.0506 e. The summed E-state index contributed by atoms with van der Waals surface area (Å²) in [7, 11) is 0. The van der Waals surface area contributed by atoms with Gasteiger partial charge in [0, 0.05) is 43.0 Å². The second kappa shape index (κ2) is 6.69. The lowest BCUT2D eigenvalue weighted by Crippen LogP contribution is -2.42.